The van der Waals surface area contributed by atoms with Gasteiger partial charge in [-0.2, -0.15) is 0 Å². The molecule has 3 N–H and O–H groups in total. The molecule has 2 fully saturated rings. The Balaban J connectivity index is 1.42. The van der Waals surface area contributed by atoms with Crippen molar-refractivity contribution in [2.45, 2.75) is 63.8 Å². The van der Waals surface area contributed by atoms with E-state index in [1.54, 1.807) is 0 Å². The monoisotopic (exact) mass is 345 g/mol. The van der Waals surface area contributed by atoms with Crippen LogP contribution < -0.4 is 16.1 Å². The van der Waals surface area contributed by atoms with Gasteiger partial charge in [-0.25, -0.2) is 0 Å². The molecule has 2 amide bonds. The smallest absolute Gasteiger partial charge is 0.227 e. The molecule has 3 rings (SSSR count). The number of carbonyl (C=O) groups is 2. The molecule has 0 spiro atoms. The normalized spacial score (nSPS) is 24.0. The molecule has 1 aromatic rings. The van der Waals surface area contributed by atoms with Crippen molar-refractivity contribution >= 4 is 17.5 Å². The first-order chi connectivity index (χ1) is 12.1. The second-order valence-electron chi connectivity index (χ2n) is 7.38. The molecule has 2 aliphatic rings. The second-order valence-corrected chi connectivity index (χ2v) is 7.38. The third kappa shape index (κ3) is 4.94. The third-order valence-corrected chi connectivity index (χ3v) is 5.49. The van der Waals surface area contributed by atoms with Gasteiger partial charge < -0.3 is 15.6 Å². The predicted octanol–water partition coefficient (Wildman–Crippen LogP) is 2.57. The SMILES string of the molecule is O=C(CC1CCCC1)NC1CCC(C(=O)Nc2c[nH]ccc2=O)CC1. The molecule has 6 nitrogen and oxygen atoms in total. The van der Waals surface area contributed by atoms with Crippen LogP contribution in [0.4, 0.5) is 5.69 Å². The van der Waals surface area contributed by atoms with Crippen LogP contribution in [0.15, 0.2) is 23.3 Å². The zero-order valence-electron chi connectivity index (χ0n) is 14.6. The highest BCUT2D eigenvalue weighted by molar-refractivity contribution is 5.92. The molecule has 0 atom stereocenters. The number of pyridine rings is 1. The Labute approximate surface area is 147 Å². The molecule has 2 saturated carbocycles. The van der Waals surface area contributed by atoms with Crippen molar-refractivity contribution in [3.05, 3.63) is 28.7 Å². The van der Waals surface area contributed by atoms with E-state index in [2.05, 4.69) is 15.6 Å². The molecular formula is C19H27N3O3. The van der Waals surface area contributed by atoms with Crippen LogP contribution in [0, 0.1) is 11.8 Å². The van der Waals surface area contributed by atoms with Crippen LogP contribution >= 0.6 is 0 Å². The highest BCUT2D eigenvalue weighted by Gasteiger charge is 2.28. The fourth-order valence-corrected chi connectivity index (χ4v) is 4.01. The van der Waals surface area contributed by atoms with Crippen molar-refractivity contribution in [1.82, 2.24) is 10.3 Å². The van der Waals surface area contributed by atoms with E-state index in [9.17, 15) is 14.4 Å². The Morgan fingerprint density at radius 3 is 2.48 bits per heavy atom. The van der Waals surface area contributed by atoms with Crippen LogP contribution in [0.2, 0.25) is 0 Å². The Morgan fingerprint density at radius 2 is 1.80 bits per heavy atom. The molecule has 0 aromatic carbocycles. The summed E-state index contributed by atoms with van der Waals surface area (Å²) in [6, 6.07) is 1.57. The van der Waals surface area contributed by atoms with E-state index in [4.69, 9.17) is 0 Å². The van der Waals surface area contributed by atoms with Crippen LogP contribution in [0.1, 0.15) is 57.8 Å². The fourth-order valence-electron chi connectivity index (χ4n) is 4.01. The summed E-state index contributed by atoms with van der Waals surface area (Å²) in [5.41, 5.74) is 0.0967. The number of rotatable bonds is 5. The lowest BCUT2D eigenvalue weighted by atomic mass is 9.85. The summed E-state index contributed by atoms with van der Waals surface area (Å²) >= 11 is 0. The van der Waals surface area contributed by atoms with Gasteiger partial charge in [0.2, 0.25) is 17.2 Å². The molecule has 2 aliphatic carbocycles. The van der Waals surface area contributed by atoms with Crippen molar-refractivity contribution < 1.29 is 9.59 Å². The first kappa shape index (κ1) is 17.7. The van der Waals surface area contributed by atoms with Gasteiger partial charge in [0.25, 0.3) is 0 Å². The van der Waals surface area contributed by atoms with E-state index in [1.807, 2.05) is 0 Å². The van der Waals surface area contributed by atoms with Crippen LogP contribution in [0.3, 0.4) is 0 Å². The molecule has 0 aliphatic heterocycles. The molecule has 0 saturated heterocycles. The number of aromatic nitrogens is 1. The zero-order valence-corrected chi connectivity index (χ0v) is 14.6. The van der Waals surface area contributed by atoms with E-state index >= 15 is 0 Å². The van der Waals surface area contributed by atoms with Gasteiger partial charge in [-0.05, 0) is 44.4 Å². The number of amides is 2. The summed E-state index contributed by atoms with van der Waals surface area (Å²) in [7, 11) is 0. The van der Waals surface area contributed by atoms with Crippen molar-refractivity contribution in [3.63, 3.8) is 0 Å². The van der Waals surface area contributed by atoms with E-state index in [-0.39, 0.29) is 29.2 Å². The van der Waals surface area contributed by atoms with Gasteiger partial charge in [0.15, 0.2) is 0 Å². The second kappa shape index (κ2) is 8.32. The first-order valence-electron chi connectivity index (χ1n) is 9.39. The number of hydrogen-bond acceptors (Lipinski definition) is 3. The van der Waals surface area contributed by atoms with Gasteiger partial charge in [0.05, 0.1) is 0 Å². The Morgan fingerprint density at radius 1 is 1.08 bits per heavy atom. The minimum atomic E-state index is -0.194. The van der Waals surface area contributed by atoms with E-state index < -0.39 is 0 Å². The summed E-state index contributed by atoms with van der Waals surface area (Å²) in [5.74, 6) is 0.525. The minimum absolute atomic E-state index is 0.0948. The zero-order chi connectivity index (χ0) is 17.6. The molecule has 136 valence electrons. The lowest BCUT2D eigenvalue weighted by molar-refractivity contribution is -0.123. The van der Waals surface area contributed by atoms with Crippen LogP contribution in [0.5, 0.6) is 0 Å². The fraction of sp³-hybridized carbons (Fsp3) is 0.632. The maximum Gasteiger partial charge on any atom is 0.227 e. The maximum atomic E-state index is 12.3. The summed E-state index contributed by atoms with van der Waals surface area (Å²) < 4.78 is 0. The average Bonchev–Trinajstić information content (AvgIpc) is 3.10. The molecule has 0 unspecified atom stereocenters. The first-order valence-corrected chi connectivity index (χ1v) is 9.39. The van der Waals surface area contributed by atoms with E-state index in [1.165, 1.54) is 44.1 Å². The molecule has 0 bridgehead atoms. The number of carbonyl (C=O) groups excluding carboxylic acids is 2. The van der Waals surface area contributed by atoms with Crippen LogP contribution in [0.25, 0.3) is 0 Å². The van der Waals surface area contributed by atoms with Crippen molar-refractivity contribution in [1.29, 1.82) is 0 Å². The Bertz CT molecular complexity index is 656. The highest BCUT2D eigenvalue weighted by Crippen LogP contribution is 2.28. The van der Waals surface area contributed by atoms with Crippen LogP contribution in [-0.4, -0.2) is 22.8 Å². The summed E-state index contributed by atoms with van der Waals surface area (Å²) in [6.45, 7) is 0. The quantitative estimate of drug-likeness (QED) is 0.766. The Hall–Kier alpha value is -2.11. The number of nitrogens with one attached hydrogen (secondary N) is 3. The number of H-pyrrole nitrogens is 1. The topological polar surface area (TPSA) is 91.1 Å². The highest BCUT2D eigenvalue weighted by atomic mass is 16.2. The molecule has 0 radical (unpaired) electrons. The van der Waals surface area contributed by atoms with Gasteiger partial charge in [0.1, 0.15) is 5.69 Å². The average molecular weight is 345 g/mol. The lowest BCUT2D eigenvalue weighted by Gasteiger charge is -2.28. The van der Waals surface area contributed by atoms with Crippen LogP contribution in [-0.2, 0) is 9.59 Å². The van der Waals surface area contributed by atoms with Crippen molar-refractivity contribution in [2.24, 2.45) is 11.8 Å². The number of anilines is 1. The van der Waals surface area contributed by atoms with Gasteiger partial charge in [0, 0.05) is 36.8 Å². The summed E-state index contributed by atoms with van der Waals surface area (Å²) in [5, 5.41) is 5.85. The third-order valence-electron chi connectivity index (χ3n) is 5.49. The van der Waals surface area contributed by atoms with Crippen molar-refractivity contribution in [2.75, 3.05) is 5.32 Å². The van der Waals surface area contributed by atoms with E-state index in [0.29, 0.717) is 18.0 Å². The molecule has 1 aromatic heterocycles. The van der Waals surface area contributed by atoms with Gasteiger partial charge in [-0.3, -0.25) is 14.4 Å². The largest absolute Gasteiger partial charge is 0.366 e. The summed E-state index contributed by atoms with van der Waals surface area (Å²) in [4.78, 5) is 38.9. The minimum Gasteiger partial charge on any atom is -0.366 e. The predicted molar refractivity (Wildman–Crippen MR) is 96.2 cm³/mol. The standard InChI is InChI=1S/C19H27N3O3/c23-17-9-10-20-12-16(17)22-19(25)14-5-7-15(8-6-14)21-18(24)11-13-3-1-2-4-13/h9-10,12-15H,1-8,11H2,(H,20,23)(H,21,24)(H,22,25). The molecule has 25 heavy (non-hydrogen) atoms. The Kier molecular flexibility index (Phi) is 5.89. The number of hydrogen-bond donors (Lipinski definition) is 3. The van der Waals surface area contributed by atoms with Gasteiger partial charge in [-0.15, -0.1) is 0 Å². The van der Waals surface area contributed by atoms with Gasteiger partial charge in [-0.1, -0.05) is 12.8 Å². The maximum absolute atomic E-state index is 12.3. The van der Waals surface area contributed by atoms with Crippen molar-refractivity contribution in [3.8, 4) is 0 Å². The lowest BCUT2D eigenvalue weighted by Crippen LogP contribution is -2.40. The van der Waals surface area contributed by atoms with E-state index in [0.717, 1.165) is 25.7 Å². The molecule has 6 heteroatoms. The number of aromatic amines is 1. The van der Waals surface area contributed by atoms with Gasteiger partial charge >= 0.3 is 0 Å². The molecule has 1 heterocycles. The molecular weight excluding hydrogens is 318 g/mol. The summed E-state index contributed by atoms with van der Waals surface area (Å²) in [6.07, 6.45) is 11.7.